The minimum atomic E-state index is -0.514. The summed E-state index contributed by atoms with van der Waals surface area (Å²) in [6, 6.07) is 16.8. The van der Waals surface area contributed by atoms with Gasteiger partial charge in [-0.05, 0) is 49.0 Å². The first-order valence-electron chi connectivity index (χ1n) is 12.5. The molecular formula is C29H33N7O. The van der Waals surface area contributed by atoms with Crippen molar-refractivity contribution in [3.63, 3.8) is 0 Å². The molecule has 2 aromatic heterocycles. The van der Waals surface area contributed by atoms with Gasteiger partial charge in [0.1, 0.15) is 23.0 Å². The molecule has 0 bridgehead atoms. The number of hydrogen-bond donors (Lipinski definition) is 5. The normalized spacial score (nSPS) is 14.7. The summed E-state index contributed by atoms with van der Waals surface area (Å²) in [7, 11) is 0. The fourth-order valence-electron chi connectivity index (χ4n) is 4.52. The van der Waals surface area contributed by atoms with Crippen LogP contribution in [-0.2, 0) is 6.54 Å². The van der Waals surface area contributed by atoms with Gasteiger partial charge in [0.2, 0.25) is 0 Å². The molecule has 1 saturated heterocycles. The summed E-state index contributed by atoms with van der Waals surface area (Å²) in [6.45, 7) is 4.60. The summed E-state index contributed by atoms with van der Waals surface area (Å²) >= 11 is 0. The number of primary amides is 1. The standard InChI is InChI=1S/C27H31N7O.C2H2/c1-2-13-29-16-23-33-24(25(34-23)26(28)35)20-11-7-18(8-12-20)17-5-9-19(10-6-17)22-15-31-27(32-22)21-4-3-14-30-21;1-2/h5-12,15,21,29-30H,2-4,13-14,16H2,1H3,(H2,28,35)(H,31,32)(H,33,34);1-2H/t21-;/m0./s1. The van der Waals surface area contributed by atoms with E-state index >= 15 is 0 Å². The van der Waals surface area contributed by atoms with Gasteiger partial charge in [-0.15, -0.1) is 12.8 Å². The highest BCUT2D eigenvalue weighted by Crippen LogP contribution is 2.29. The van der Waals surface area contributed by atoms with Crippen LogP contribution in [0.25, 0.3) is 33.6 Å². The molecule has 190 valence electrons. The average molecular weight is 496 g/mol. The van der Waals surface area contributed by atoms with Crippen LogP contribution in [0.4, 0.5) is 0 Å². The summed E-state index contributed by atoms with van der Waals surface area (Å²) in [4.78, 5) is 27.7. The van der Waals surface area contributed by atoms with Gasteiger partial charge in [-0.1, -0.05) is 55.5 Å². The van der Waals surface area contributed by atoms with Crippen LogP contribution < -0.4 is 16.4 Å². The van der Waals surface area contributed by atoms with Crippen molar-refractivity contribution < 1.29 is 4.79 Å². The molecule has 6 N–H and O–H groups in total. The Kier molecular flexibility index (Phi) is 8.52. The molecule has 2 aromatic carbocycles. The number of H-pyrrole nitrogens is 2. The molecule has 1 atom stereocenters. The van der Waals surface area contributed by atoms with E-state index in [1.165, 1.54) is 6.42 Å². The van der Waals surface area contributed by atoms with Crippen molar-refractivity contribution in [3.8, 4) is 46.5 Å². The molecule has 8 heteroatoms. The fraction of sp³-hybridized carbons (Fsp3) is 0.276. The number of amides is 1. The Hall–Kier alpha value is -4.19. The number of nitrogens with zero attached hydrogens (tertiary/aromatic N) is 2. The zero-order valence-electron chi connectivity index (χ0n) is 21.1. The maximum atomic E-state index is 12.0. The van der Waals surface area contributed by atoms with E-state index in [-0.39, 0.29) is 0 Å². The summed E-state index contributed by atoms with van der Waals surface area (Å²) in [5, 5.41) is 6.77. The van der Waals surface area contributed by atoms with E-state index in [0.29, 0.717) is 29.8 Å². The van der Waals surface area contributed by atoms with Crippen LogP contribution in [0.5, 0.6) is 0 Å². The molecule has 8 nitrogen and oxygen atoms in total. The maximum absolute atomic E-state index is 12.0. The van der Waals surface area contributed by atoms with E-state index in [1.807, 2.05) is 30.5 Å². The quantitative estimate of drug-likeness (QED) is 0.174. The molecule has 1 aliphatic heterocycles. The number of carbonyl (C=O) groups is 1. The number of aromatic nitrogens is 4. The first kappa shape index (κ1) is 25.9. The van der Waals surface area contributed by atoms with Crippen molar-refractivity contribution in [2.24, 2.45) is 5.73 Å². The lowest BCUT2D eigenvalue weighted by molar-refractivity contribution is 0.0996. The van der Waals surface area contributed by atoms with Gasteiger partial charge in [-0.25, -0.2) is 9.97 Å². The molecular weight excluding hydrogens is 462 g/mol. The predicted molar refractivity (Wildman–Crippen MR) is 147 cm³/mol. The van der Waals surface area contributed by atoms with E-state index in [2.05, 4.69) is 74.6 Å². The average Bonchev–Trinajstić information content (AvgIpc) is 3.71. The van der Waals surface area contributed by atoms with Crippen molar-refractivity contribution in [2.45, 2.75) is 38.8 Å². The highest BCUT2D eigenvalue weighted by molar-refractivity contribution is 5.97. The van der Waals surface area contributed by atoms with E-state index in [9.17, 15) is 4.79 Å². The van der Waals surface area contributed by atoms with Gasteiger partial charge >= 0.3 is 0 Å². The SMILES string of the molecule is C#C.CCCNCc1nc(-c2ccc(-c3ccc(-c4cnc([C@@H]5CCCN5)[nH]4)cc3)cc2)c(C(N)=O)[nH]1. The van der Waals surface area contributed by atoms with Crippen LogP contribution in [0.1, 0.15) is 54.4 Å². The van der Waals surface area contributed by atoms with Gasteiger partial charge in [0.05, 0.1) is 24.5 Å². The summed E-state index contributed by atoms with van der Waals surface area (Å²) < 4.78 is 0. The highest BCUT2D eigenvalue weighted by atomic mass is 16.1. The third-order valence-corrected chi connectivity index (χ3v) is 6.39. The van der Waals surface area contributed by atoms with E-state index in [1.54, 1.807) is 0 Å². The van der Waals surface area contributed by atoms with Crippen molar-refractivity contribution in [3.05, 3.63) is 72.1 Å². The van der Waals surface area contributed by atoms with Gasteiger partial charge in [0.25, 0.3) is 5.91 Å². The van der Waals surface area contributed by atoms with E-state index in [0.717, 1.165) is 59.7 Å². The van der Waals surface area contributed by atoms with Gasteiger partial charge < -0.3 is 26.3 Å². The Bertz CT molecular complexity index is 1330. The minimum absolute atomic E-state index is 0.329. The van der Waals surface area contributed by atoms with Crippen LogP contribution >= 0.6 is 0 Å². The molecule has 0 unspecified atom stereocenters. The molecule has 1 amide bonds. The van der Waals surface area contributed by atoms with Crippen molar-refractivity contribution in [1.29, 1.82) is 0 Å². The molecule has 1 aliphatic rings. The lowest BCUT2D eigenvalue weighted by Crippen LogP contribution is -2.15. The number of imidazole rings is 2. The first-order chi connectivity index (χ1) is 18.1. The number of hydrogen-bond acceptors (Lipinski definition) is 5. The molecule has 0 saturated carbocycles. The Labute approximate surface area is 217 Å². The van der Waals surface area contributed by atoms with Gasteiger partial charge in [0, 0.05) is 5.56 Å². The molecule has 0 spiro atoms. The smallest absolute Gasteiger partial charge is 0.267 e. The Morgan fingerprint density at radius 2 is 1.68 bits per heavy atom. The summed E-state index contributed by atoms with van der Waals surface area (Å²) in [5.41, 5.74) is 11.7. The topological polar surface area (TPSA) is 125 Å². The molecule has 0 radical (unpaired) electrons. The number of nitrogens with two attached hydrogens (primary N) is 1. The summed E-state index contributed by atoms with van der Waals surface area (Å²) in [5.74, 6) is 1.20. The number of benzene rings is 2. The third-order valence-electron chi connectivity index (χ3n) is 6.39. The zero-order chi connectivity index (χ0) is 26.2. The lowest BCUT2D eigenvalue weighted by atomic mass is 10.0. The van der Waals surface area contributed by atoms with Crippen molar-refractivity contribution in [2.75, 3.05) is 13.1 Å². The number of aromatic amines is 2. The third kappa shape index (κ3) is 5.97. The molecule has 1 fully saturated rings. The monoisotopic (exact) mass is 495 g/mol. The van der Waals surface area contributed by atoms with Gasteiger partial charge in [0.15, 0.2) is 0 Å². The van der Waals surface area contributed by atoms with Crippen LogP contribution in [0, 0.1) is 12.8 Å². The molecule has 4 aromatic rings. The second-order valence-electron chi connectivity index (χ2n) is 8.93. The second-order valence-corrected chi connectivity index (χ2v) is 8.93. The van der Waals surface area contributed by atoms with E-state index < -0.39 is 5.91 Å². The number of carbonyl (C=O) groups excluding carboxylic acids is 1. The second kappa shape index (κ2) is 12.2. The van der Waals surface area contributed by atoms with Crippen LogP contribution in [0.3, 0.4) is 0 Å². The Morgan fingerprint density at radius 3 is 2.27 bits per heavy atom. The van der Waals surface area contributed by atoms with Gasteiger partial charge in [-0.2, -0.15) is 0 Å². The predicted octanol–water partition coefficient (Wildman–Crippen LogP) is 4.41. The molecule has 0 aliphatic carbocycles. The summed E-state index contributed by atoms with van der Waals surface area (Å²) in [6.07, 6.45) is 13.2. The Morgan fingerprint density at radius 1 is 1.03 bits per heavy atom. The zero-order valence-corrected chi connectivity index (χ0v) is 21.1. The maximum Gasteiger partial charge on any atom is 0.267 e. The number of terminal acetylenes is 1. The molecule has 37 heavy (non-hydrogen) atoms. The van der Waals surface area contributed by atoms with Crippen LogP contribution in [0.2, 0.25) is 0 Å². The fourth-order valence-corrected chi connectivity index (χ4v) is 4.52. The lowest BCUT2D eigenvalue weighted by Gasteiger charge is -2.07. The van der Waals surface area contributed by atoms with Crippen molar-refractivity contribution >= 4 is 5.91 Å². The number of nitrogens with one attached hydrogen (secondary N) is 4. The van der Waals surface area contributed by atoms with Crippen molar-refractivity contribution in [1.82, 2.24) is 30.6 Å². The van der Waals surface area contributed by atoms with E-state index in [4.69, 9.17) is 5.73 Å². The molecule has 3 heterocycles. The van der Waals surface area contributed by atoms with Crippen LogP contribution in [0.15, 0.2) is 54.7 Å². The van der Waals surface area contributed by atoms with Crippen LogP contribution in [-0.4, -0.2) is 38.9 Å². The number of rotatable bonds is 9. The first-order valence-corrected chi connectivity index (χ1v) is 12.5. The molecule has 5 rings (SSSR count). The highest BCUT2D eigenvalue weighted by Gasteiger charge is 2.19. The Balaban J connectivity index is 0.00000156. The van der Waals surface area contributed by atoms with Gasteiger partial charge in [-0.3, -0.25) is 4.79 Å². The largest absolute Gasteiger partial charge is 0.364 e. The minimum Gasteiger partial charge on any atom is -0.364 e.